The number of benzene rings is 1. The van der Waals surface area contributed by atoms with Gasteiger partial charge in [0.1, 0.15) is 0 Å². The molecule has 0 fully saturated rings. The van der Waals surface area contributed by atoms with Crippen LogP contribution in [0.2, 0.25) is 0 Å². The lowest BCUT2D eigenvalue weighted by atomic mass is 10.1. The first-order valence-electron chi connectivity index (χ1n) is 6.26. The second kappa shape index (κ2) is 7.07. The van der Waals surface area contributed by atoms with Gasteiger partial charge in [0, 0.05) is 6.04 Å². The van der Waals surface area contributed by atoms with Crippen LogP contribution < -0.4 is 14.8 Å². The van der Waals surface area contributed by atoms with E-state index >= 15 is 0 Å². The third-order valence-corrected chi connectivity index (χ3v) is 3.00. The molecule has 1 atom stereocenters. The molecular weight excluding hydrogens is 226 g/mol. The first kappa shape index (κ1) is 14.6. The second-order valence-electron chi connectivity index (χ2n) is 4.28. The first-order valence-corrected chi connectivity index (χ1v) is 6.26. The van der Waals surface area contributed by atoms with Gasteiger partial charge in [-0.05, 0) is 38.1 Å². The molecule has 0 radical (unpaired) electrons. The highest BCUT2D eigenvalue weighted by atomic mass is 16.5. The summed E-state index contributed by atoms with van der Waals surface area (Å²) in [5.74, 6) is 1.52. The van der Waals surface area contributed by atoms with E-state index in [4.69, 9.17) is 9.47 Å². The molecule has 0 bridgehead atoms. The molecule has 3 nitrogen and oxygen atoms in total. The number of rotatable bonds is 6. The van der Waals surface area contributed by atoms with E-state index in [-0.39, 0.29) is 0 Å². The van der Waals surface area contributed by atoms with Crippen molar-refractivity contribution in [3.63, 3.8) is 0 Å². The molecule has 0 heterocycles. The number of hydrogen-bond donors (Lipinski definition) is 1. The van der Waals surface area contributed by atoms with Gasteiger partial charge >= 0.3 is 0 Å². The van der Waals surface area contributed by atoms with Crippen molar-refractivity contribution >= 4 is 6.08 Å². The summed E-state index contributed by atoms with van der Waals surface area (Å²) in [5.41, 5.74) is 2.42. The van der Waals surface area contributed by atoms with Crippen LogP contribution in [0.3, 0.4) is 0 Å². The second-order valence-corrected chi connectivity index (χ2v) is 4.28. The molecule has 1 rings (SSSR count). The van der Waals surface area contributed by atoms with E-state index in [2.05, 4.69) is 32.2 Å². The van der Waals surface area contributed by atoms with E-state index in [9.17, 15) is 0 Å². The predicted molar refractivity (Wildman–Crippen MR) is 76.3 cm³/mol. The Hall–Kier alpha value is -1.48. The van der Waals surface area contributed by atoms with Crippen LogP contribution in [0.1, 0.15) is 26.3 Å². The molecular formula is C15H23NO2. The van der Waals surface area contributed by atoms with Crippen LogP contribution in [0.25, 0.3) is 6.08 Å². The van der Waals surface area contributed by atoms with Crippen molar-refractivity contribution in [1.82, 2.24) is 5.32 Å². The van der Waals surface area contributed by atoms with Crippen molar-refractivity contribution in [2.24, 2.45) is 0 Å². The highest BCUT2D eigenvalue weighted by molar-refractivity contribution is 5.58. The van der Waals surface area contributed by atoms with Crippen molar-refractivity contribution < 1.29 is 9.47 Å². The minimum Gasteiger partial charge on any atom is -0.493 e. The van der Waals surface area contributed by atoms with Crippen LogP contribution in [0.15, 0.2) is 23.8 Å². The molecule has 1 aromatic carbocycles. The summed E-state index contributed by atoms with van der Waals surface area (Å²) in [7, 11) is 3.30. The van der Waals surface area contributed by atoms with Crippen molar-refractivity contribution in [3.05, 3.63) is 29.3 Å². The fourth-order valence-corrected chi connectivity index (χ4v) is 1.80. The molecule has 1 N–H and O–H groups in total. The number of nitrogens with one attached hydrogen (secondary N) is 1. The van der Waals surface area contributed by atoms with E-state index in [0.717, 1.165) is 23.6 Å². The van der Waals surface area contributed by atoms with Gasteiger partial charge in [-0.25, -0.2) is 0 Å². The highest BCUT2D eigenvalue weighted by Gasteiger charge is 2.05. The normalized spacial score (nSPS) is 13.3. The lowest BCUT2D eigenvalue weighted by molar-refractivity contribution is 0.355. The summed E-state index contributed by atoms with van der Waals surface area (Å²) in [5, 5.41) is 3.39. The van der Waals surface area contributed by atoms with Crippen LogP contribution in [0, 0.1) is 0 Å². The molecule has 0 amide bonds. The quantitative estimate of drug-likeness (QED) is 0.840. The molecule has 1 unspecified atom stereocenters. The SMILES string of the molecule is CCNC(C)/C(C)=C/c1ccc(OC)c(OC)c1. The van der Waals surface area contributed by atoms with Gasteiger partial charge in [-0.3, -0.25) is 0 Å². The zero-order valence-corrected chi connectivity index (χ0v) is 11.9. The fraction of sp³-hybridized carbons (Fsp3) is 0.467. The maximum atomic E-state index is 5.30. The Kier molecular flexibility index (Phi) is 5.72. The van der Waals surface area contributed by atoms with Gasteiger partial charge in [-0.2, -0.15) is 0 Å². The minimum atomic E-state index is 0.378. The molecule has 0 aliphatic heterocycles. The topological polar surface area (TPSA) is 30.5 Å². The molecule has 0 spiro atoms. The highest BCUT2D eigenvalue weighted by Crippen LogP contribution is 2.28. The Morgan fingerprint density at radius 3 is 2.50 bits per heavy atom. The molecule has 3 heteroatoms. The lowest BCUT2D eigenvalue weighted by Gasteiger charge is -2.13. The molecule has 1 aromatic rings. The van der Waals surface area contributed by atoms with Crippen LogP contribution >= 0.6 is 0 Å². The molecule has 0 aliphatic carbocycles. The van der Waals surface area contributed by atoms with Crippen molar-refractivity contribution in [1.29, 1.82) is 0 Å². The van der Waals surface area contributed by atoms with Crippen LogP contribution in [-0.2, 0) is 0 Å². The molecule has 100 valence electrons. The van der Waals surface area contributed by atoms with E-state index in [1.165, 1.54) is 5.57 Å². The molecule has 0 aliphatic rings. The number of methoxy groups -OCH3 is 2. The predicted octanol–water partition coefficient (Wildman–Crippen LogP) is 3.11. The van der Waals surface area contributed by atoms with E-state index in [1.54, 1.807) is 14.2 Å². The smallest absolute Gasteiger partial charge is 0.161 e. The van der Waals surface area contributed by atoms with Crippen LogP contribution in [0.4, 0.5) is 0 Å². The summed E-state index contributed by atoms with van der Waals surface area (Å²) in [4.78, 5) is 0. The van der Waals surface area contributed by atoms with E-state index in [0.29, 0.717) is 6.04 Å². The van der Waals surface area contributed by atoms with Crippen molar-refractivity contribution in [2.45, 2.75) is 26.8 Å². The zero-order valence-electron chi connectivity index (χ0n) is 11.9. The third kappa shape index (κ3) is 3.77. The standard InChI is InChI=1S/C15H23NO2/c1-6-16-12(3)11(2)9-13-7-8-14(17-4)15(10-13)18-5/h7-10,12,16H,6H2,1-5H3/b11-9+. The Balaban J connectivity index is 2.93. The average molecular weight is 249 g/mol. The number of hydrogen-bond acceptors (Lipinski definition) is 3. The fourth-order valence-electron chi connectivity index (χ4n) is 1.80. The summed E-state index contributed by atoms with van der Waals surface area (Å²) in [6.07, 6.45) is 2.16. The largest absolute Gasteiger partial charge is 0.493 e. The summed E-state index contributed by atoms with van der Waals surface area (Å²) < 4.78 is 10.5. The molecule has 18 heavy (non-hydrogen) atoms. The number of ether oxygens (including phenoxy) is 2. The maximum Gasteiger partial charge on any atom is 0.161 e. The van der Waals surface area contributed by atoms with Gasteiger partial charge in [0.15, 0.2) is 11.5 Å². The minimum absolute atomic E-state index is 0.378. The van der Waals surface area contributed by atoms with Crippen LogP contribution in [0.5, 0.6) is 11.5 Å². The molecule has 0 saturated carbocycles. The van der Waals surface area contributed by atoms with Gasteiger partial charge in [-0.1, -0.05) is 24.6 Å². The van der Waals surface area contributed by atoms with Crippen molar-refractivity contribution in [3.8, 4) is 11.5 Å². The van der Waals surface area contributed by atoms with Gasteiger partial charge in [0.05, 0.1) is 14.2 Å². The monoisotopic (exact) mass is 249 g/mol. The Labute approximate surface area is 110 Å². The van der Waals surface area contributed by atoms with Gasteiger partial charge in [0.25, 0.3) is 0 Å². The van der Waals surface area contributed by atoms with E-state index < -0.39 is 0 Å². The van der Waals surface area contributed by atoms with Crippen LogP contribution in [-0.4, -0.2) is 26.8 Å². The number of likely N-dealkylation sites (N-methyl/N-ethyl adjacent to an activating group) is 1. The van der Waals surface area contributed by atoms with E-state index in [1.807, 2.05) is 18.2 Å². The van der Waals surface area contributed by atoms with Crippen molar-refractivity contribution in [2.75, 3.05) is 20.8 Å². The lowest BCUT2D eigenvalue weighted by Crippen LogP contribution is -2.26. The van der Waals surface area contributed by atoms with Gasteiger partial charge in [-0.15, -0.1) is 0 Å². The maximum absolute atomic E-state index is 5.30. The first-order chi connectivity index (χ1) is 8.62. The summed E-state index contributed by atoms with van der Waals surface area (Å²) in [6.45, 7) is 7.37. The molecule has 0 aromatic heterocycles. The van der Waals surface area contributed by atoms with Gasteiger partial charge < -0.3 is 14.8 Å². The summed E-state index contributed by atoms with van der Waals surface area (Å²) in [6, 6.07) is 6.32. The Bertz CT molecular complexity index is 413. The Morgan fingerprint density at radius 2 is 1.94 bits per heavy atom. The zero-order chi connectivity index (χ0) is 13.5. The van der Waals surface area contributed by atoms with Gasteiger partial charge in [0.2, 0.25) is 0 Å². The third-order valence-electron chi connectivity index (χ3n) is 3.00. The molecule has 0 saturated heterocycles. The average Bonchev–Trinajstić information content (AvgIpc) is 2.38. The Morgan fingerprint density at radius 1 is 1.28 bits per heavy atom. The summed E-state index contributed by atoms with van der Waals surface area (Å²) >= 11 is 0.